The summed E-state index contributed by atoms with van der Waals surface area (Å²) in [5.74, 6) is 0.412. The first-order chi connectivity index (χ1) is 7.18. The third-order valence-corrected chi connectivity index (χ3v) is 4.22. The van der Waals surface area contributed by atoms with E-state index < -0.39 is 10.0 Å². The summed E-state index contributed by atoms with van der Waals surface area (Å²) in [4.78, 5) is 0. The molecule has 0 atom stereocenters. The summed E-state index contributed by atoms with van der Waals surface area (Å²) < 4.78 is 31.8. The van der Waals surface area contributed by atoms with E-state index in [4.69, 9.17) is 4.42 Å². The van der Waals surface area contributed by atoms with Crippen LogP contribution < -0.4 is 0 Å². The number of furan rings is 1. The van der Waals surface area contributed by atoms with E-state index in [2.05, 4.69) is 4.40 Å². The summed E-state index contributed by atoms with van der Waals surface area (Å²) in [5, 5.41) is 1.69. The van der Waals surface area contributed by atoms with E-state index in [-0.39, 0.29) is 4.21 Å². The molecule has 2 heterocycles. The highest BCUT2D eigenvalue weighted by molar-refractivity contribution is 7.92. The second-order valence-electron chi connectivity index (χ2n) is 2.66. The van der Waals surface area contributed by atoms with E-state index in [1.807, 2.05) is 0 Å². The molecule has 0 amide bonds. The highest BCUT2D eigenvalue weighted by Crippen LogP contribution is 2.18. The van der Waals surface area contributed by atoms with E-state index >= 15 is 0 Å². The van der Waals surface area contributed by atoms with Crippen LogP contribution >= 0.6 is 11.3 Å². The first kappa shape index (κ1) is 10.1. The molecule has 0 unspecified atom stereocenters. The molecule has 0 spiro atoms. The van der Waals surface area contributed by atoms with Crippen LogP contribution in [0.15, 0.2) is 48.9 Å². The molecule has 2 aromatic rings. The summed E-state index contributed by atoms with van der Waals surface area (Å²) in [6, 6.07) is 6.48. The third kappa shape index (κ3) is 2.34. The number of hydrogen-bond donors (Lipinski definition) is 0. The Morgan fingerprint density at radius 1 is 1.33 bits per heavy atom. The minimum absolute atomic E-state index is 0.227. The van der Waals surface area contributed by atoms with Crippen molar-refractivity contribution >= 4 is 27.6 Å². The van der Waals surface area contributed by atoms with E-state index in [0.717, 1.165) is 11.3 Å². The van der Waals surface area contributed by atoms with E-state index in [0.29, 0.717) is 5.76 Å². The molecule has 0 aromatic carbocycles. The van der Waals surface area contributed by atoms with Gasteiger partial charge in [0.1, 0.15) is 9.97 Å². The zero-order valence-electron chi connectivity index (χ0n) is 7.53. The molecule has 4 nitrogen and oxygen atoms in total. The van der Waals surface area contributed by atoms with E-state index in [1.54, 1.807) is 23.6 Å². The largest absolute Gasteiger partial charge is 0.463 e. The smallest absolute Gasteiger partial charge is 0.291 e. The van der Waals surface area contributed by atoms with Crippen molar-refractivity contribution in [2.24, 2.45) is 4.40 Å². The number of thiophene rings is 1. The maximum absolute atomic E-state index is 11.6. The summed E-state index contributed by atoms with van der Waals surface area (Å²) in [5.41, 5.74) is 0. The van der Waals surface area contributed by atoms with E-state index in [9.17, 15) is 8.42 Å². The number of hydrogen-bond acceptors (Lipinski definition) is 4. The highest BCUT2D eigenvalue weighted by atomic mass is 32.2. The number of sulfonamides is 1. The summed E-state index contributed by atoms with van der Waals surface area (Å²) in [7, 11) is -3.57. The molecule has 78 valence electrons. The molecule has 2 aromatic heterocycles. The first-order valence-corrected chi connectivity index (χ1v) is 6.38. The molecule has 0 aliphatic heterocycles. The van der Waals surface area contributed by atoms with Crippen LogP contribution in [0.25, 0.3) is 0 Å². The van der Waals surface area contributed by atoms with Gasteiger partial charge in [0.2, 0.25) is 0 Å². The molecule has 0 saturated carbocycles. The molecule has 6 heteroatoms. The van der Waals surface area contributed by atoms with E-state index in [1.165, 1.54) is 18.5 Å². The molecule has 0 aliphatic rings. The van der Waals surface area contributed by atoms with Crippen molar-refractivity contribution in [3.63, 3.8) is 0 Å². The van der Waals surface area contributed by atoms with Gasteiger partial charge >= 0.3 is 0 Å². The standard InChI is InChI=1S/C9H7NO3S2/c11-15(12,9-4-2-6-14-9)10-7-8-3-1-5-13-8/h1-7H. The van der Waals surface area contributed by atoms with Gasteiger partial charge in [0.05, 0.1) is 12.5 Å². The van der Waals surface area contributed by atoms with Crippen molar-refractivity contribution in [3.05, 3.63) is 41.7 Å². The lowest BCUT2D eigenvalue weighted by Crippen LogP contribution is -1.93. The average molecular weight is 241 g/mol. The molecule has 0 bridgehead atoms. The van der Waals surface area contributed by atoms with Crippen LogP contribution in [0.4, 0.5) is 0 Å². The first-order valence-electron chi connectivity index (χ1n) is 4.06. The lowest BCUT2D eigenvalue weighted by molar-refractivity contribution is 0.560. The Morgan fingerprint density at radius 2 is 2.20 bits per heavy atom. The Hall–Kier alpha value is -1.40. The predicted octanol–water partition coefficient (Wildman–Crippen LogP) is 2.15. The van der Waals surface area contributed by atoms with Crippen LogP contribution in [0.2, 0.25) is 0 Å². The van der Waals surface area contributed by atoms with Gasteiger partial charge in [0, 0.05) is 0 Å². The summed E-state index contributed by atoms with van der Waals surface area (Å²) >= 11 is 1.13. The fourth-order valence-electron chi connectivity index (χ4n) is 0.948. The quantitative estimate of drug-likeness (QED) is 0.773. The molecule has 0 aliphatic carbocycles. The van der Waals surface area contributed by atoms with Crippen molar-refractivity contribution in [1.82, 2.24) is 0 Å². The van der Waals surface area contributed by atoms with Crippen molar-refractivity contribution in [1.29, 1.82) is 0 Å². The Morgan fingerprint density at radius 3 is 2.80 bits per heavy atom. The Balaban J connectivity index is 2.26. The van der Waals surface area contributed by atoms with Gasteiger partial charge < -0.3 is 4.42 Å². The van der Waals surface area contributed by atoms with Crippen molar-refractivity contribution < 1.29 is 12.8 Å². The fourth-order valence-corrected chi connectivity index (χ4v) is 2.78. The third-order valence-electron chi connectivity index (χ3n) is 1.61. The molecule has 0 fully saturated rings. The number of nitrogens with zero attached hydrogens (tertiary/aromatic N) is 1. The summed E-state index contributed by atoms with van der Waals surface area (Å²) in [6.07, 6.45) is 2.65. The number of rotatable bonds is 3. The second-order valence-corrected chi connectivity index (χ2v) is 5.46. The van der Waals surface area contributed by atoms with Crippen molar-refractivity contribution in [3.8, 4) is 0 Å². The van der Waals surface area contributed by atoms with Crippen LogP contribution in [0, 0.1) is 0 Å². The highest BCUT2D eigenvalue weighted by Gasteiger charge is 2.12. The van der Waals surface area contributed by atoms with Crippen LogP contribution in [0.5, 0.6) is 0 Å². The van der Waals surface area contributed by atoms with Gasteiger partial charge in [-0.15, -0.1) is 11.3 Å². The molecule has 0 N–H and O–H groups in total. The topological polar surface area (TPSA) is 59.6 Å². The minimum atomic E-state index is -3.57. The lowest BCUT2D eigenvalue weighted by Gasteiger charge is -1.91. The maximum Gasteiger partial charge on any atom is 0.291 e. The van der Waals surface area contributed by atoms with Crippen molar-refractivity contribution in [2.75, 3.05) is 0 Å². The molecular formula is C9H7NO3S2. The predicted molar refractivity (Wildman–Crippen MR) is 57.8 cm³/mol. The van der Waals surface area contributed by atoms with Crippen LogP contribution in [0.3, 0.4) is 0 Å². The van der Waals surface area contributed by atoms with Crippen LogP contribution in [-0.4, -0.2) is 14.6 Å². The second kappa shape index (κ2) is 4.00. The fraction of sp³-hybridized carbons (Fsp3) is 0. The van der Waals surface area contributed by atoms with Crippen molar-refractivity contribution in [2.45, 2.75) is 4.21 Å². The SMILES string of the molecule is O=S(=O)(N=Cc1ccco1)c1cccs1. The normalized spacial score (nSPS) is 12.3. The minimum Gasteiger partial charge on any atom is -0.463 e. The molecule has 15 heavy (non-hydrogen) atoms. The van der Waals surface area contributed by atoms with Gasteiger partial charge in [-0.05, 0) is 23.6 Å². The lowest BCUT2D eigenvalue weighted by atomic mass is 10.5. The molecular weight excluding hydrogens is 234 g/mol. The average Bonchev–Trinajstić information content (AvgIpc) is 2.88. The zero-order chi connectivity index (χ0) is 10.7. The molecule has 0 radical (unpaired) electrons. The van der Waals surface area contributed by atoms with Crippen LogP contribution in [0.1, 0.15) is 5.76 Å². The van der Waals surface area contributed by atoms with Gasteiger partial charge in [-0.3, -0.25) is 0 Å². The van der Waals surface area contributed by atoms with Gasteiger partial charge in [-0.2, -0.15) is 12.8 Å². The molecule has 2 rings (SSSR count). The molecule has 0 saturated heterocycles. The van der Waals surface area contributed by atoms with Crippen LogP contribution in [-0.2, 0) is 10.0 Å². The van der Waals surface area contributed by atoms with Gasteiger partial charge in [-0.25, -0.2) is 0 Å². The van der Waals surface area contributed by atoms with Gasteiger partial charge in [0.25, 0.3) is 10.0 Å². The Bertz CT molecular complexity index is 538. The van der Waals surface area contributed by atoms with Gasteiger partial charge in [-0.1, -0.05) is 6.07 Å². The monoisotopic (exact) mass is 241 g/mol. The Kier molecular flexibility index (Phi) is 2.70. The van der Waals surface area contributed by atoms with Gasteiger partial charge in [0.15, 0.2) is 0 Å². The maximum atomic E-state index is 11.6. The zero-order valence-corrected chi connectivity index (χ0v) is 9.16. The summed E-state index contributed by atoms with van der Waals surface area (Å²) in [6.45, 7) is 0. The Labute approximate surface area is 90.9 Å².